The fourth-order valence-electron chi connectivity index (χ4n) is 4.18. The first kappa shape index (κ1) is 24.8. The van der Waals surface area contributed by atoms with E-state index in [1.165, 1.54) is 5.56 Å². The molecule has 0 fully saturated rings. The number of halogens is 1. The maximum absolute atomic E-state index is 12.3. The first-order valence-electron chi connectivity index (χ1n) is 12.2. The Morgan fingerprint density at radius 3 is 2.69 bits per heavy atom. The topological polar surface area (TPSA) is 56.1 Å². The molecule has 1 N–H and O–H groups in total. The number of hydrogen-bond acceptors (Lipinski definition) is 3. The van der Waals surface area contributed by atoms with Crippen LogP contribution in [-0.4, -0.2) is 28.6 Å². The monoisotopic (exact) mass is 489 g/mol. The molecule has 1 amide bonds. The number of aryl methyl sites for hydroxylation is 4. The Labute approximate surface area is 212 Å². The average molecular weight is 490 g/mol. The van der Waals surface area contributed by atoms with Gasteiger partial charge >= 0.3 is 0 Å². The number of imidazole rings is 1. The van der Waals surface area contributed by atoms with Crippen LogP contribution >= 0.6 is 11.6 Å². The highest BCUT2D eigenvalue weighted by atomic mass is 35.5. The predicted octanol–water partition coefficient (Wildman–Crippen LogP) is 6.07. The molecule has 4 aromatic rings. The molecule has 0 atom stereocenters. The van der Waals surface area contributed by atoms with Gasteiger partial charge in [0.05, 0.1) is 24.1 Å². The minimum Gasteiger partial charge on any atom is -0.493 e. The highest BCUT2D eigenvalue weighted by molar-refractivity contribution is 6.31. The molecule has 0 saturated heterocycles. The van der Waals surface area contributed by atoms with Crippen LogP contribution < -0.4 is 10.1 Å². The molecule has 6 heteroatoms. The number of benzene rings is 3. The molecule has 0 aliphatic heterocycles. The second-order valence-electron chi connectivity index (χ2n) is 8.86. The van der Waals surface area contributed by atoms with E-state index in [0.29, 0.717) is 24.6 Å². The van der Waals surface area contributed by atoms with Crippen molar-refractivity contribution < 1.29 is 9.53 Å². The Bertz CT molecular complexity index is 1300. The van der Waals surface area contributed by atoms with Crippen molar-refractivity contribution in [2.24, 2.45) is 0 Å². The summed E-state index contributed by atoms with van der Waals surface area (Å²) in [4.78, 5) is 17.2. The van der Waals surface area contributed by atoms with E-state index in [1.807, 2.05) is 42.5 Å². The molecule has 5 nitrogen and oxygen atoms in total. The van der Waals surface area contributed by atoms with Gasteiger partial charge in [0.15, 0.2) is 0 Å². The van der Waals surface area contributed by atoms with E-state index in [0.717, 1.165) is 59.5 Å². The van der Waals surface area contributed by atoms with Crippen LogP contribution in [0, 0.1) is 13.8 Å². The second kappa shape index (κ2) is 11.9. The van der Waals surface area contributed by atoms with Gasteiger partial charge in [-0.2, -0.15) is 0 Å². The highest BCUT2D eigenvalue weighted by Crippen LogP contribution is 2.21. The van der Waals surface area contributed by atoms with Crippen LogP contribution in [0.3, 0.4) is 0 Å². The molecule has 1 aromatic heterocycles. The van der Waals surface area contributed by atoms with Crippen LogP contribution in [0.15, 0.2) is 66.7 Å². The lowest BCUT2D eigenvalue weighted by atomic mass is 10.1. The number of nitrogens with zero attached hydrogens (tertiary/aromatic N) is 2. The number of hydrogen-bond donors (Lipinski definition) is 1. The molecule has 0 aliphatic carbocycles. The fourth-order valence-corrected chi connectivity index (χ4v) is 4.39. The quantitative estimate of drug-likeness (QED) is 0.260. The summed E-state index contributed by atoms with van der Waals surface area (Å²) in [5.41, 5.74) is 5.34. The Hall–Kier alpha value is -3.31. The third-order valence-electron chi connectivity index (χ3n) is 6.07. The van der Waals surface area contributed by atoms with E-state index in [-0.39, 0.29) is 5.91 Å². The van der Waals surface area contributed by atoms with Crippen molar-refractivity contribution in [3.05, 3.63) is 94.3 Å². The van der Waals surface area contributed by atoms with Gasteiger partial charge in [-0.25, -0.2) is 4.98 Å². The summed E-state index contributed by atoms with van der Waals surface area (Å²) in [6.45, 7) is 6.23. The summed E-state index contributed by atoms with van der Waals surface area (Å²) in [7, 11) is 0. The molecular weight excluding hydrogens is 458 g/mol. The van der Waals surface area contributed by atoms with Crippen LogP contribution in [0.2, 0.25) is 5.02 Å². The van der Waals surface area contributed by atoms with Gasteiger partial charge in [0, 0.05) is 24.5 Å². The molecule has 3 aromatic carbocycles. The van der Waals surface area contributed by atoms with Crippen LogP contribution in [0.5, 0.6) is 5.75 Å². The maximum atomic E-state index is 12.3. The largest absolute Gasteiger partial charge is 0.493 e. The van der Waals surface area contributed by atoms with E-state index in [1.54, 1.807) is 0 Å². The lowest BCUT2D eigenvalue weighted by molar-refractivity contribution is -0.120. The Balaban J connectivity index is 1.31. The smallest absolute Gasteiger partial charge is 0.224 e. The van der Waals surface area contributed by atoms with E-state index in [4.69, 9.17) is 21.3 Å². The molecule has 35 heavy (non-hydrogen) atoms. The fraction of sp³-hybridized carbons (Fsp3) is 0.310. The molecule has 0 aliphatic rings. The standard InChI is InChI=1S/C29H32ClN3O2/c1-21-14-15-22(2)27(19-21)35-18-8-17-33-26-12-6-5-11-25(26)32-28(33)13-7-16-31-29(34)20-23-9-3-4-10-24(23)30/h3-6,9-12,14-15,19H,7-8,13,16-18,20H2,1-2H3,(H,31,34). The van der Waals surface area contributed by atoms with E-state index < -0.39 is 0 Å². The molecule has 1 heterocycles. The Morgan fingerprint density at radius 2 is 1.83 bits per heavy atom. The maximum Gasteiger partial charge on any atom is 0.224 e. The van der Waals surface area contributed by atoms with E-state index >= 15 is 0 Å². The van der Waals surface area contributed by atoms with Crippen LogP contribution in [0.1, 0.15) is 35.4 Å². The predicted molar refractivity (Wildman–Crippen MR) is 142 cm³/mol. The van der Waals surface area contributed by atoms with Crippen molar-refractivity contribution in [2.75, 3.05) is 13.2 Å². The summed E-state index contributed by atoms with van der Waals surface area (Å²) < 4.78 is 8.34. The number of ether oxygens (including phenoxy) is 1. The van der Waals surface area contributed by atoms with Crippen molar-refractivity contribution in [1.82, 2.24) is 14.9 Å². The first-order chi connectivity index (χ1) is 17.0. The third-order valence-corrected chi connectivity index (χ3v) is 6.44. The highest BCUT2D eigenvalue weighted by Gasteiger charge is 2.11. The van der Waals surface area contributed by atoms with Gasteiger partial charge in [0.1, 0.15) is 11.6 Å². The SMILES string of the molecule is Cc1ccc(C)c(OCCCn2c(CCCNC(=O)Cc3ccccc3Cl)nc3ccccc32)c1. The summed E-state index contributed by atoms with van der Waals surface area (Å²) in [5.74, 6) is 1.97. The van der Waals surface area contributed by atoms with Crippen molar-refractivity contribution in [2.45, 2.75) is 46.1 Å². The van der Waals surface area contributed by atoms with Crippen molar-refractivity contribution >= 4 is 28.5 Å². The van der Waals surface area contributed by atoms with Gasteiger partial charge in [-0.3, -0.25) is 4.79 Å². The number of fused-ring (bicyclic) bond motifs is 1. The van der Waals surface area contributed by atoms with Gasteiger partial charge in [-0.05, 0) is 67.6 Å². The van der Waals surface area contributed by atoms with Crippen molar-refractivity contribution in [3.8, 4) is 5.75 Å². The average Bonchev–Trinajstić information content (AvgIpc) is 3.20. The van der Waals surface area contributed by atoms with Crippen molar-refractivity contribution in [1.29, 1.82) is 0 Å². The summed E-state index contributed by atoms with van der Waals surface area (Å²) in [6, 6.07) is 22.0. The Kier molecular flexibility index (Phi) is 8.43. The van der Waals surface area contributed by atoms with Gasteiger partial charge in [-0.15, -0.1) is 0 Å². The normalized spacial score (nSPS) is 11.1. The minimum atomic E-state index is -0.0183. The summed E-state index contributed by atoms with van der Waals surface area (Å²) >= 11 is 6.17. The molecule has 0 spiro atoms. The summed E-state index contributed by atoms with van der Waals surface area (Å²) in [6.07, 6.45) is 2.78. The van der Waals surface area contributed by atoms with Gasteiger partial charge in [-0.1, -0.05) is 54.1 Å². The van der Waals surface area contributed by atoms with Gasteiger partial charge in [0.25, 0.3) is 0 Å². The zero-order valence-corrected chi connectivity index (χ0v) is 21.1. The number of aromatic nitrogens is 2. The number of nitrogens with one attached hydrogen (secondary N) is 1. The Morgan fingerprint density at radius 1 is 1.03 bits per heavy atom. The number of carbonyl (C=O) groups excluding carboxylic acids is 1. The van der Waals surface area contributed by atoms with E-state index in [2.05, 4.69) is 48.0 Å². The molecule has 0 radical (unpaired) electrons. The van der Waals surface area contributed by atoms with E-state index in [9.17, 15) is 4.79 Å². The molecule has 182 valence electrons. The molecule has 0 bridgehead atoms. The third kappa shape index (κ3) is 6.64. The minimum absolute atomic E-state index is 0.0183. The molecular formula is C29H32ClN3O2. The van der Waals surface area contributed by atoms with Crippen LogP contribution in [-0.2, 0) is 24.2 Å². The zero-order chi connectivity index (χ0) is 24.6. The number of amides is 1. The molecule has 4 rings (SSSR count). The first-order valence-corrected chi connectivity index (χ1v) is 12.5. The number of rotatable bonds is 11. The number of carbonyl (C=O) groups is 1. The van der Waals surface area contributed by atoms with Crippen LogP contribution in [0.4, 0.5) is 0 Å². The zero-order valence-electron chi connectivity index (χ0n) is 20.4. The molecule has 0 saturated carbocycles. The van der Waals surface area contributed by atoms with Crippen LogP contribution in [0.25, 0.3) is 11.0 Å². The lowest BCUT2D eigenvalue weighted by Gasteiger charge is -2.12. The van der Waals surface area contributed by atoms with Gasteiger partial charge < -0.3 is 14.6 Å². The van der Waals surface area contributed by atoms with Gasteiger partial charge in [0.2, 0.25) is 5.91 Å². The number of para-hydroxylation sites is 2. The second-order valence-corrected chi connectivity index (χ2v) is 9.27. The lowest BCUT2D eigenvalue weighted by Crippen LogP contribution is -2.26. The summed E-state index contributed by atoms with van der Waals surface area (Å²) in [5, 5.41) is 3.63. The van der Waals surface area contributed by atoms with Crippen molar-refractivity contribution in [3.63, 3.8) is 0 Å². The molecule has 0 unspecified atom stereocenters.